The molecule has 0 fully saturated rings. The van der Waals surface area contributed by atoms with Gasteiger partial charge in [-0.3, -0.25) is 9.78 Å². The van der Waals surface area contributed by atoms with Crippen LogP contribution in [0, 0.1) is 0 Å². The lowest BCUT2D eigenvalue weighted by Crippen LogP contribution is -2.39. The normalized spacial score (nSPS) is 13.1. The van der Waals surface area contributed by atoms with Crippen molar-refractivity contribution < 1.29 is 9.59 Å². The molecule has 8 heteroatoms. The molecule has 142 valence electrons. The molecule has 3 amide bonds. The molecule has 2 aromatic heterocycles. The van der Waals surface area contributed by atoms with Gasteiger partial charge in [0.2, 0.25) is 0 Å². The Morgan fingerprint density at radius 2 is 1.96 bits per heavy atom. The minimum absolute atomic E-state index is 0.216. The topological polar surface area (TPSA) is 119 Å². The zero-order valence-corrected chi connectivity index (χ0v) is 15.1. The largest absolute Gasteiger partial charge is 0.397 e. The average Bonchev–Trinajstić information content (AvgIpc) is 3.08. The van der Waals surface area contributed by atoms with Crippen molar-refractivity contribution in [1.82, 2.24) is 14.5 Å². The Bertz CT molecular complexity index is 1040. The lowest BCUT2D eigenvalue weighted by Gasteiger charge is -2.28. The summed E-state index contributed by atoms with van der Waals surface area (Å²) in [6.45, 7) is 0.884. The van der Waals surface area contributed by atoms with Crippen molar-refractivity contribution in [2.45, 2.75) is 13.0 Å². The summed E-state index contributed by atoms with van der Waals surface area (Å²) in [5.41, 5.74) is 15.8. The highest BCUT2D eigenvalue weighted by molar-refractivity contribution is 5.93. The highest BCUT2D eigenvalue weighted by Gasteiger charge is 2.27. The van der Waals surface area contributed by atoms with Crippen LogP contribution in [0.25, 0.3) is 5.69 Å². The highest BCUT2D eigenvalue weighted by Crippen LogP contribution is 2.29. The molecule has 0 unspecified atom stereocenters. The number of carbonyl (C=O) groups excluding carboxylic acids is 2. The first kappa shape index (κ1) is 17.6. The fourth-order valence-electron chi connectivity index (χ4n) is 3.50. The van der Waals surface area contributed by atoms with Crippen LogP contribution in [0.1, 0.15) is 21.7 Å². The van der Waals surface area contributed by atoms with Gasteiger partial charge in [0.1, 0.15) is 5.69 Å². The molecule has 0 spiro atoms. The van der Waals surface area contributed by atoms with Crippen molar-refractivity contribution >= 4 is 23.3 Å². The van der Waals surface area contributed by atoms with Crippen LogP contribution in [-0.4, -0.2) is 32.9 Å². The van der Waals surface area contributed by atoms with Gasteiger partial charge in [-0.25, -0.2) is 4.79 Å². The maximum absolute atomic E-state index is 12.6. The van der Waals surface area contributed by atoms with Gasteiger partial charge in [-0.15, -0.1) is 0 Å². The molecule has 0 saturated carbocycles. The van der Waals surface area contributed by atoms with E-state index in [2.05, 4.69) is 10.3 Å². The third-order valence-corrected chi connectivity index (χ3v) is 4.80. The van der Waals surface area contributed by atoms with E-state index in [1.807, 2.05) is 22.8 Å². The number of benzene rings is 1. The van der Waals surface area contributed by atoms with E-state index in [1.165, 1.54) is 0 Å². The molecular formula is C20H20N6O2. The summed E-state index contributed by atoms with van der Waals surface area (Å²) in [7, 11) is 0. The second-order valence-electron chi connectivity index (χ2n) is 6.60. The Hall–Kier alpha value is -3.81. The second kappa shape index (κ2) is 7.07. The van der Waals surface area contributed by atoms with Gasteiger partial charge >= 0.3 is 6.03 Å². The van der Waals surface area contributed by atoms with Crippen LogP contribution in [0.15, 0.2) is 54.9 Å². The number of hydrogen-bond acceptors (Lipinski definition) is 4. The molecule has 0 radical (unpaired) electrons. The van der Waals surface area contributed by atoms with Crippen LogP contribution in [0.4, 0.5) is 16.2 Å². The molecule has 0 aliphatic carbocycles. The smallest absolute Gasteiger partial charge is 0.322 e. The number of fused-ring (bicyclic) bond motifs is 1. The standard InChI is InChI=1S/C20H20N6O2/c21-15-5-1-2-6-17(15)26-16-7-9-25(12-13(16)10-18(26)19(22)27)20(28)24-14-4-3-8-23-11-14/h1-6,8,10-11H,7,9,12,21H2,(H2,22,27)(H,24,28). The van der Waals surface area contributed by atoms with Crippen molar-refractivity contribution in [3.63, 3.8) is 0 Å². The number of primary amides is 1. The zero-order valence-electron chi connectivity index (χ0n) is 15.1. The molecule has 0 bridgehead atoms. The van der Waals surface area contributed by atoms with Crippen LogP contribution in [0.5, 0.6) is 0 Å². The SMILES string of the molecule is NC(=O)c1cc2c(n1-c1ccccc1N)CCN(C(=O)Nc1cccnc1)C2. The maximum atomic E-state index is 12.6. The summed E-state index contributed by atoms with van der Waals surface area (Å²) in [4.78, 5) is 30.3. The Morgan fingerprint density at radius 3 is 2.68 bits per heavy atom. The Balaban J connectivity index is 1.65. The highest BCUT2D eigenvalue weighted by atomic mass is 16.2. The summed E-state index contributed by atoms with van der Waals surface area (Å²) in [5.74, 6) is -0.538. The van der Waals surface area contributed by atoms with Gasteiger partial charge < -0.3 is 26.3 Å². The number of urea groups is 1. The van der Waals surface area contributed by atoms with E-state index < -0.39 is 5.91 Å². The molecule has 1 aliphatic heterocycles. The van der Waals surface area contributed by atoms with E-state index in [0.29, 0.717) is 42.3 Å². The number of nitrogens with zero attached hydrogens (tertiary/aromatic N) is 3. The van der Waals surface area contributed by atoms with E-state index in [0.717, 1.165) is 11.3 Å². The lowest BCUT2D eigenvalue weighted by molar-refractivity contribution is 0.0993. The third kappa shape index (κ3) is 3.16. The van der Waals surface area contributed by atoms with Crippen LogP contribution >= 0.6 is 0 Å². The Kier molecular flexibility index (Phi) is 4.44. The molecule has 8 nitrogen and oxygen atoms in total. The number of anilines is 2. The zero-order chi connectivity index (χ0) is 19.7. The van der Waals surface area contributed by atoms with Gasteiger partial charge in [-0.05, 0) is 35.9 Å². The lowest BCUT2D eigenvalue weighted by atomic mass is 10.1. The molecule has 3 heterocycles. The van der Waals surface area contributed by atoms with E-state index >= 15 is 0 Å². The number of nitrogen functional groups attached to an aromatic ring is 1. The van der Waals surface area contributed by atoms with Crippen molar-refractivity contribution in [1.29, 1.82) is 0 Å². The van der Waals surface area contributed by atoms with Gasteiger partial charge in [0, 0.05) is 31.4 Å². The molecule has 1 aliphatic rings. The molecule has 28 heavy (non-hydrogen) atoms. The van der Waals surface area contributed by atoms with E-state index in [1.54, 1.807) is 41.6 Å². The molecule has 4 rings (SSSR count). The maximum Gasteiger partial charge on any atom is 0.322 e. The minimum Gasteiger partial charge on any atom is -0.397 e. The number of hydrogen-bond donors (Lipinski definition) is 3. The Morgan fingerprint density at radius 1 is 1.14 bits per heavy atom. The molecule has 5 N–H and O–H groups in total. The summed E-state index contributed by atoms with van der Waals surface area (Å²) in [6, 6.07) is 12.4. The molecule has 0 atom stereocenters. The number of rotatable bonds is 3. The quantitative estimate of drug-likeness (QED) is 0.607. The van der Waals surface area contributed by atoms with Gasteiger partial charge in [0.25, 0.3) is 5.91 Å². The van der Waals surface area contributed by atoms with Gasteiger partial charge in [0.15, 0.2) is 0 Å². The fraction of sp³-hybridized carbons (Fsp3) is 0.150. The van der Waals surface area contributed by atoms with Crippen LogP contribution in [-0.2, 0) is 13.0 Å². The van der Waals surface area contributed by atoms with Gasteiger partial charge in [-0.1, -0.05) is 12.1 Å². The predicted octanol–water partition coefficient (Wildman–Crippen LogP) is 2.14. The van der Waals surface area contributed by atoms with E-state index in [4.69, 9.17) is 11.5 Å². The Labute approximate surface area is 161 Å². The van der Waals surface area contributed by atoms with E-state index in [-0.39, 0.29) is 6.03 Å². The van der Waals surface area contributed by atoms with Gasteiger partial charge in [0.05, 0.1) is 23.3 Å². The first-order chi connectivity index (χ1) is 13.5. The predicted molar refractivity (Wildman–Crippen MR) is 106 cm³/mol. The number of nitrogens with one attached hydrogen (secondary N) is 1. The van der Waals surface area contributed by atoms with Crippen molar-refractivity contribution in [2.24, 2.45) is 5.73 Å². The second-order valence-corrected chi connectivity index (χ2v) is 6.60. The average molecular weight is 376 g/mol. The van der Waals surface area contributed by atoms with E-state index in [9.17, 15) is 9.59 Å². The number of para-hydroxylation sites is 2. The summed E-state index contributed by atoms with van der Waals surface area (Å²) in [6.07, 6.45) is 3.82. The number of aromatic nitrogens is 2. The monoisotopic (exact) mass is 376 g/mol. The van der Waals surface area contributed by atoms with Crippen molar-refractivity contribution in [3.8, 4) is 5.69 Å². The van der Waals surface area contributed by atoms with Crippen molar-refractivity contribution in [3.05, 3.63) is 71.8 Å². The first-order valence-electron chi connectivity index (χ1n) is 8.88. The molecule has 3 aromatic rings. The number of amides is 3. The summed E-state index contributed by atoms with van der Waals surface area (Å²) in [5, 5.41) is 2.83. The van der Waals surface area contributed by atoms with Crippen LogP contribution in [0.3, 0.4) is 0 Å². The summed E-state index contributed by atoms with van der Waals surface area (Å²) >= 11 is 0. The van der Waals surface area contributed by atoms with Crippen LogP contribution in [0.2, 0.25) is 0 Å². The molecule has 0 saturated heterocycles. The van der Waals surface area contributed by atoms with Crippen molar-refractivity contribution in [2.75, 3.05) is 17.6 Å². The minimum atomic E-state index is -0.538. The number of pyridine rings is 1. The molecule has 1 aromatic carbocycles. The summed E-state index contributed by atoms with van der Waals surface area (Å²) < 4.78 is 1.81. The fourth-order valence-corrected chi connectivity index (χ4v) is 3.50. The van der Waals surface area contributed by atoms with Gasteiger partial charge in [-0.2, -0.15) is 0 Å². The van der Waals surface area contributed by atoms with Crippen LogP contribution < -0.4 is 16.8 Å². The number of nitrogens with two attached hydrogens (primary N) is 2. The first-order valence-corrected chi connectivity index (χ1v) is 8.88. The molecular weight excluding hydrogens is 356 g/mol. The third-order valence-electron chi connectivity index (χ3n) is 4.80. The number of carbonyl (C=O) groups is 2.